The minimum absolute atomic E-state index is 0.488. The molecule has 0 fully saturated rings. The van der Waals surface area contributed by atoms with Crippen molar-refractivity contribution in [3.63, 3.8) is 0 Å². The Labute approximate surface area is 87.5 Å². The van der Waals surface area contributed by atoms with E-state index in [1.54, 1.807) is 14.8 Å². The van der Waals surface area contributed by atoms with Crippen LogP contribution < -0.4 is 0 Å². The molecule has 3 heterocycles. The van der Waals surface area contributed by atoms with Crippen molar-refractivity contribution in [3.8, 4) is 10.2 Å². The molecule has 0 N–H and O–H groups in total. The molecular formula is C10H6OSe2. The molecular weight excluding hydrogens is 294 g/mol. The van der Waals surface area contributed by atoms with E-state index < -0.39 is 0 Å². The fourth-order valence-corrected chi connectivity index (χ4v) is 6.55. The molecule has 0 aliphatic heterocycles. The fraction of sp³-hybridized carbons (Fsp3) is 0. The first-order valence-electron chi connectivity index (χ1n) is 3.94. The molecule has 0 aromatic carbocycles. The van der Waals surface area contributed by atoms with E-state index in [4.69, 9.17) is 4.42 Å². The third kappa shape index (κ3) is 1.29. The van der Waals surface area contributed by atoms with Crippen LogP contribution >= 0.6 is 0 Å². The Balaban J connectivity index is 2.23. The summed E-state index contributed by atoms with van der Waals surface area (Å²) in [6.45, 7) is 0. The summed E-state index contributed by atoms with van der Waals surface area (Å²) in [6.07, 6.45) is 1.75. The Morgan fingerprint density at radius 2 is 2.15 bits per heavy atom. The van der Waals surface area contributed by atoms with Gasteiger partial charge in [-0.3, -0.25) is 0 Å². The zero-order chi connectivity index (χ0) is 8.67. The maximum absolute atomic E-state index is 5.39. The van der Waals surface area contributed by atoms with Crippen molar-refractivity contribution in [2.45, 2.75) is 0 Å². The molecule has 13 heavy (non-hydrogen) atoms. The van der Waals surface area contributed by atoms with Gasteiger partial charge in [-0.05, 0) is 0 Å². The second-order valence-corrected chi connectivity index (χ2v) is 7.00. The third-order valence-electron chi connectivity index (χ3n) is 1.90. The van der Waals surface area contributed by atoms with Gasteiger partial charge in [-0.2, -0.15) is 0 Å². The van der Waals surface area contributed by atoms with Crippen LogP contribution in [0, 0.1) is 0 Å². The molecule has 0 spiro atoms. The monoisotopic (exact) mass is 302 g/mol. The van der Waals surface area contributed by atoms with Gasteiger partial charge >= 0.3 is 87.6 Å². The van der Waals surface area contributed by atoms with Gasteiger partial charge in [0, 0.05) is 0 Å². The Morgan fingerprint density at radius 3 is 2.92 bits per heavy atom. The first-order chi connectivity index (χ1) is 6.43. The van der Waals surface area contributed by atoms with E-state index in [-0.39, 0.29) is 0 Å². The van der Waals surface area contributed by atoms with Gasteiger partial charge in [0.05, 0.1) is 0 Å². The molecule has 0 amide bonds. The van der Waals surface area contributed by atoms with Crippen LogP contribution in [-0.2, 0) is 0 Å². The summed E-state index contributed by atoms with van der Waals surface area (Å²) in [5, 5.41) is 0. The van der Waals surface area contributed by atoms with Gasteiger partial charge in [0.1, 0.15) is 0 Å². The summed E-state index contributed by atoms with van der Waals surface area (Å²) in [7, 11) is 0. The molecule has 1 nitrogen and oxygen atoms in total. The maximum atomic E-state index is 5.39. The van der Waals surface area contributed by atoms with Crippen LogP contribution in [0.4, 0.5) is 0 Å². The van der Waals surface area contributed by atoms with E-state index >= 15 is 0 Å². The Kier molecular flexibility index (Phi) is 1.85. The average Bonchev–Trinajstić information content (AvgIpc) is 2.78. The molecule has 0 bridgehead atoms. The standard InChI is InChI=1S/C10H6OSe2/c1-2-7(11-4-1)9-6-10-8(13-9)3-5-12-10/h1-6H. The van der Waals surface area contributed by atoms with Gasteiger partial charge in [-0.25, -0.2) is 0 Å². The molecule has 0 atom stereocenters. The zero-order valence-electron chi connectivity index (χ0n) is 6.69. The molecule has 0 radical (unpaired) electrons. The first kappa shape index (κ1) is 7.90. The predicted octanol–water partition coefficient (Wildman–Crippen LogP) is 2.21. The van der Waals surface area contributed by atoms with Crippen molar-refractivity contribution in [2.24, 2.45) is 0 Å². The molecule has 0 aliphatic carbocycles. The van der Waals surface area contributed by atoms with Crippen molar-refractivity contribution < 1.29 is 4.42 Å². The molecule has 0 aliphatic rings. The second kappa shape index (κ2) is 3.04. The van der Waals surface area contributed by atoms with Crippen LogP contribution in [0.15, 0.2) is 39.9 Å². The molecule has 0 unspecified atom stereocenters. The number of hydrogen-bond donors (Lipinski definition) is 0. The van der Waals surface area contributed by atoms with Crippen LogP contribution in [0.1, 0.15) is 0 Å². The Bertz CT molecular complexity index is 487. The SMILES string of the molecule is c1coc(-c2cc3[se]ccc3[se]2)c1. The molecule has 64 valence electrons. The topological polar surface area (TPSA) is 13.1 Å². The van der Waals surface area contributed by atoms with Crippen molar-refractivity contribution in [2.75, 3.05) is 0 Å². The molecule has 3 aromatic heterocycles. The van der Waals surface area contributed by atoms with E-state index in [0.717, 1.165) is 5.76 Å². The molecule has 3 aromatic rings. The molecule has 3 rings (SSSR count). The summed E-state index contributed by atoms with van der Waals surface area (Å²) >= 11 is 1.08. The van der Waals surface area contributed by atoms with Gasteiger partial charge < -0.3 is 0 Å². The molecule has 0 saturated heterocycles. The number of hydrogen-bond acceptors (Lipinski definition) is 1. The van der Waals surface area contributed by atoms with Crippen molar-refractivity contribution in [1.29, 1.82) is 0 Å². The van der Waals surface area contributed by atoms with Crippen LogP contribution in [-0.4, -0.2) is 29.0 Å². The van der Waals surface area contributed by atoms with Gasteiger partial charge in [0.25, 0.3) is 0 Å². The summed E-state index contributed by atoms with van der Waals surface area (Å²) in [4.78, 5) is 2.30. The van der Waals surface area contributed by atoms with Crippen molar-refractivity contribution in [3.05, 3.63) is 35.5 Å². The Morgan fingerprint density at radius 1 is 1.15 bits per heavy atom. The third-order valence-corrected chi connectivity index (χ3v) is 6.71. The molecule has 0 saturated carbocycles. The summed E-state index contributed by atoms with van der Waals surface area (Å²) < 4.78 is 9.89. The van der Waals surface area contributed by atoms with Gasteiger partial charge in [-0.1, -0.05) is 0 Å². The van der Waals surface area contributed by atoms with Crippen LogP contribution in [0.3, 0.4) is 0 Å². The first-order valence-corrected chi connectivity index (χ1v) is 7.50. The minimum atomic E-state index is 0.488. The molecule has 3 heteroatoms. The number of rotatable bonds is 1. The van der Waals surface area contributed by atoms with Crippen LogP contribution in [0.25, 0.3) is 18.7 Å². The second-order valence-electron chi connectivity index (χ2n) is 2.74. The summed E-state index contributed by atoms with van der Waals surface area (Å²) in [6, 6.07) is 8.60. The van der Waals surface area contributed by atoms with Crippen LogP contribution in [0.5, 0.6) is 0 Å². The van der Waals surface area contributed by atoms with Gasteiger partial charge in [0.2, 0.25) is 0 Å². The van der Waals surface area contributed by atoms with Gasteiger partial charge in [-0.15, -0.1) is 0 Å². The predicted molar refractivity (Wildman–Crippen MR) is 55.5 cm³/mol. The number of fused-ring (bicyclic) bond motifs is 1. The van der Waals surface area contributed by atoms with E-state index in [1.807, 2.05) is 12.1 Å². The van der Waals surface area contributed by atoms with E-state index in [1.165, 1.54) is 4.44 Å². The quantitative estimate of drug-likeness (QED) is 0.628. The van der Waals surface area contributed by atoms with E-state index in [0.29, 0.717) is 29.0 Å². The van der Waals surface area contributed by atoms with Crippen molar-refractivity contribution in [1.82, 2.24) is 0 Å². The normalized spacial score (nSPS) is 11.1. The van der Waals surface area contributed by atoms with Gasteiger partial charge in [0.15, 0.2) is 0 Å². The summed E-state index contributed by atoms with van der Waals surface area (Å²) in [5.41, 5.74) is 0. The van der Waals surface area contributed by atoms with Crippen molar-refractivity contribution >= 4 is 37.5 Å². The van der Waals surface area contributed by atoms with Crippen LogP contribution in [0.2, 0.25) is 0 Å². The van der Waals surface area contributed by atoms with E-state index in [2.05, 4.69) is 17.1 Å². The number of furan rings is 1. The fourth-order valence-electron chi connectivity index (χ4n) is 1.31. The Hall–Kier alpha value is -0.461. The van der Waals surface area contributed by atoms with E-state index in [9.17, 15) is 0 Å². The average molecular weight is 300 g/mol. The zero-order valence-corrected chi connectivity index (χ0v) is 10.1. The summed E-state index contributed by atoms with van der Waals surface area (Å²) in [5.74, 6) is 1.05.